The lowest BCUT2D eigenvalue weighted by Crippen LogP contribution is -2.50. The zero-order chi connectivity index (χ0) is 22.6. The van der Waals surface area contributed by atoms with Crippen LogP contribution in [-0.2, 0) is 10.0 Å². The highest BCUT2D eigenvalue weighted by Crippen LogP contribution is 2.16. The van der Waals surface area contributed by atoms with Crippen LogP contribution in [0.2, 0.25) is 0 Å². The van der Waals surface area contributed by atoms with Crippen LogP contribution in [0.15, 0.2) is 72.3 Å². The first kappa shape index (κ1) is 21.8. The second-order valence-electron chi connectivity index (χ2n) is 7.29. The quantitative estimate of drug-likeness (QED) is 0.574. The molecule has 2 heterocycles. The van der Waals surface area contributed by atoms with Gasteiger partial charge in [0.05, 0.1) is 12.8 Å². The molecule has 0 atom stereocenters. The largest absolute Gasteiger partial charge is 0.497 e. The van der Waals surface area contributed by atoms with Gasteiger partial charge in [0.1, 0.15) is 5.75 Å². The predicted octanol–water partition coefficient (Wildman–Crippen LogP) is 2.64. The Morgan fingerprint density at radius 1 is 0.969 bits per heavy atom. The molecule has 1 amide bonds. The monoisotopic (exact) mass is 452 g/mol. The Morgan fingerprint density at radius 3 is 2.31 bits per heavy atom. The fourth-order valence-corrected chi connectivity index (χ4v) is 4.61. The number of hydrogen-bond donors (Lipinski definition) is 0. The molecule has 2 aromatic carbocycles. The molecule has 1 aliphatic heterocycles. The Bertz CT molecular complexity index is 1200. The van der Waals surface area contributed by atoms with Crippen molar-refractivity contribution in [1.82, 2.24) is 19.0 Å². The average molecular weight is 453 g/mol. The van der Waals surface area contributed by atoms with Gasteiger partial charge in [0.2, 0.25) is 10.0 Å². The molecule has 1 fully saturated rings. The number of hydrogen-bond acceptors (Lipinski definition) is 5. The Labute approximate surface area is 187 Å². The Morgan fingerprint density at radius 2 is 1.66 bits per heavy atom. The van der Waals surface area contributed by atoms with E-state index in [1.807, 2.05) is 54.6 Å². The first-order chi connectivity index (χ1) is 15.5. The zero-order valence-corrected chi connectivity index (χ0v) is 18.5. The van der Waals surface area contributed by atoms with Gasteiger partial charge in [0.25, 0.3) is 5.91 Å². The fourth-order valence-electron chi connectivity index (χ4n) is 3.44. The Balaban J connectivity index is 1.37. The fraction of sp³-hybridized carbons (Fsp3) is 0.217. The molecule has 32 heavy (non-hydrogen) atoms. The van der Waals surface area contributed by atoms with Crippen LogP contribution in [0, 0.1) is 0 Å². The Hall–Kier alpha value is -3.43. The third-order valence-electron chi connectivity index (χ3n) is 5.26. The molecule has 1 saturated heterocycles. The van der Waals surface area contributed by atoms with Gasteiger partial charge in [-0.15, -0.1) is 0 Å². The molecule has 9 heteroatoms. The van der Waals surface area contributed by atoms with Crippen molar-refractivity contribution in [3.8, 4) is 11.4 Å². The van der Waals surface area contributed by atoms with Crippen molar-refractivity contribution < 1.29 is 17.9 Å². The maximum absolute atomic E-state index is 12.9. The van der Waals surface area contributed by atoms with E-state index in [1.54, 1.807) is 35.0 Å². The minimum Gasteiger partial charge on any atom is -0.497 e. The van der Waals surface area contributed by atoms with Crippen LogP contribution in [0.4, 0.5) is 0 Å². The van der Waals surface area contributed by atoms with E-state index in [2.05, 4.69) is 5.10 Å². The van der Waals surface area contributed by atoms with Crippen molar-refractivity contribution in [2.24, 2.45) is 0 Å². The summed E-state index contributed by atoms with van der Waals surface area (Å²) in [4.78, 5) is 14.5. The van der Waals surface area contributed by atoms with Gasteiger partial charge in [0.15, 0.2) is 5.69 Å². The topological polar surface area (TPSA) is 84.7 Å². The van der Waals surface area contributed by atoms with Crippen LogP contribution in [0.5, 0.6) is 5.75 Å². The zero-order valence-electron chi connectivity index (χ0n) is 17.7. The predicted molar refractivity (Wildman–Crippen MR) is 122 cm³/mol. The van der Waals surface area contributed by atoms with Crippen LogP contribution >= 0.6 is 0 Å². The maximum Gasteiger partial charge on any atom is 0.274 e. The van der Waals surface area contributed by atoms with Crippen molar-refractivity contribution in [2.75, 3.05) is 33.3 Å². The molecule has 166 valence electrons. The molecule has 1 aliphatic rings. The average Bonchev–Trinajstić information content (AvgIpc) is 3.33. The lowest BCUT2D eigenvalue weighted by Gasteiger charge is -2.32. The van der Waals surface area contributed by atoms with E-state index >= 15 is 0 Å². The van der Waals surface area contributed by atoms with E-state index in [0.717, 1.165) is 17.0 Å². The minimum atomic E-state index is -3.55. The summed E-state index contributed by atoms with van der Waals surface area (Å²) in [7, 11) is -1.95. The van der Waals surface area contributed by atoms with Crippen molar-refractivity contribution in [1.29, 1.82) is 0 Å². The normalized spacial score (nSPS) is 15.2. The van der Waals surface area contributed by atoms with Crippen molar-refractivity contribution in [2.45, 2.75) is 0 Å². The van der Waals surface area contributed by atoms with Gasteiger partial charge >= 0.3 is 0 Å². The summed E-state index contributed by atoms with van der Waals surface area (Å²) in [5, 5.41) is 5.60. The summed E-state index contributed by atoms with van der Waals surface area (Å²) in [6.07, 6.45) is 3.31. The third kappa shape index (κ3) is 4.90. The summed E-state index contributed by atoms with van der Waals surface area (Å²) < 4.78 is 33.4. The molecule has 3 aromatic rings. The molecular weight excluding hydrogens is 428 g/mol. The number of carbonyl (C=O) groups is 1. The van der Waals surface area contributed by atoms with Gasteiger partial charge in [-0.25, -0.2) is 13.1 Å². The van der Waals surface area contributed by atoms with E-state index in [-0.39, 0.29) is 19.0 Å². The highest BCUT2D eigenvalue weighted by molar-refractivity contribution is 7.92. The minimum absolute atomic E-state index is 0.214. The summed E-state index contributed by atoms with van der Waals surface area (Å²) in [6.45, 7) is 1.11. The number of carbonyl (C=O) groups excluding carboxylic acids is 1. The number of ether oxygens (including phenoxy) is 1. The third-order valence-corrected chi connectivity index (χ3v) is 6.83. The molecule has 0 spiro atoms. The summed E-state index contributed by atoms with van der Waals surface area (Å²) >= 11 is 0. The first-order valence-electron chi connectivity index (χ1n) is 10.2. The number of aromatic nitrogens is 2. The van der Waals surface area contributed by atoms with E-state index in [9.17, 15) is 13.2 Å². The van der Waals surface area contributed by atoms with Crippen molar-refractivity contribution >= 4 is 22.0 Å². The molecule has 0 N–H and O–H groups in total. The molecule has 0 bridgehead atoms. The van der Waals surface area contributed by atoms with E-state index in [4.69, 9.17) is 4.74 Å². The van der Waals surface area contributed by atoms with Crippen molar-refractivity contribution in [3.05, 3.63) is 83.5 Å². The molecular formula is C23H24N4O4S. The number of amides is 1. The highest BCUT2D eigenvalue weighted by Gasteiger charge is 2.28. The highest BCUT2D eigenvalue weighted by atomic mass is 32.2. The number of nitrogens with zero attached hydrogens (tertiary/aromatic N) is 4. The molecule has 0 aliphatic carbocycles. The van der Waals surface area contributed by atoms with Gasteiger partial charge in [-0.2, -0.15) is 9.40 Å². The number of rotatable bonds is 6. The smallest absolute Gasteiger partial charge is 0.274 e. The standard InChI is InChI=1S/C23H24N4O4S/c1-31-21-9-7-20(8-10-21)27-13-11-22(24-27)23(28)25-14-16-26(17-15-25)32(29,30)18-12-19-5-3-2-4-6-19/h2-13,18H,14-17H2,1H3/b18-12+. The van der Waals surface area contributed by atoms with Crippen LogP contribution in [0.1, 0.15) is 16.1 Å². The molecule has 4 rings (SSSR count). The number of sulfonamides is 1. The van der Waals surface area contributed by atoms with Gasteiger partial charge in [-0.05, 0) is 42.0 Å². The molecule has 0 unspecified atom stereocenters. The Kier molecular flexibility index (Phi) is 6.38. The van der Waals surface area contributed by atoms with E-state index in [0.29, 0.717) is 18.8 Å². The summed E-state index contributed by atoms with van der Waals surface area (Å²) in [5.41, 5.74) is 1.95. The first-order valence-corrected chi connectivity index (χ1v) is 11.7. The maximum atomic E-state index is 12.9. The van der Waals surface area contributed by atoms with Crippen molar-refractivity contribution in [3.63, 3.8) is 0 Å². The van der Waals surface area contributed by atoms with Crippen LogP contribution in [-0.4, -0.2) is 66.6 Å². The second kappa shape index (κ2) is 9.37. The molecule has 0 saturated carbocycles. The van der Waals surface area contributed by atoms with Gasteiger partial charge in [0, 0.05) is 37.8 Å². The van der Waals surface area contributed by atoms with Gasteiger partial charge < -0.3 is 9.64 Å². The molecule has 1 aromatic heterocycles. The lowest BCUT2D eigenvalue weighted by molar-refractivity contribution is 0.0692. The SMILES string of the molecule is COc1ccc(-n2ccc(C(=O)N3CCN(S(=O)(=O)/C=C/c4ccccc4)CC3)n2)cc1. The summed E-state index contributed by atoms with van der Waals surface area (Å²) in [6, 6.07) is 18.3. The van der Waals surface area contributed by atoms with Gasteiger partial charge in [-0.3, -0.25) is 4.79 Å². The van der Waals surface area contributed by atoms with Gasteiger partial charge in [-0.1, -0.05) is 30.3 Å². The summed E-state index contributed by atoms with van der Waals surface area (Å²) in [5.74, 6) is 0.526. The van der Waals surface area contributed by atoms with Crippen LogP contribution < -0.4 is 4.74 Å². The van der Waals surface area contributed by atoms with E-state index < -0.39 is 10.0 Å². The number of methoxy groups -OCH3 is 1. The molecule has 0 radical (unpaired) electrons. The molecule has 8 nitrogen and oxygen atoms in total. The lowest BCUT2D eigenvalue weighted by atomic mass is 10.2. The van der Waals surface area contributed by atoms with Crippen LogP contribution in [0.3, 0.4) is 0 Å². The number of piperazine rings is 1. The van der Waals surface area contributed by atoms with E-state index in [1.165, 1.54) is 9.71 Å². The second-order valence-corrected chi connectivity index (χ2v) is 9.11. The number of benzene rings is 2. The van der Waals surface area contributed by atoms with Crippen LogP contribution in [0.25, 0.3) is 11.8 Å².